The summed E-state index contributed by atoms with van der Waals surface area (Å²) in [5.74, 6) is 0.839. The van der Waals surface area contributed by atoms with Gasteiger partial charge in [-0.2, -0.15) is 0 Å². The van der Waals surface area contributed by atoms with Gasteiger partial charge in [0, 0.05) is 7.11 Å². The Kier molecular flexibility index (Phi) is 6.85. The van der Waals surface area contributed by atoms with Crippen LogP contribution in [0.2, 0.25) is 0 Å². The van der Waals surface area contributed by atoms with E-state index in [-0.39, 0.29) is 6.10 Å². The Balaban J connectivity index is 0.000000791. The third-order valence-electron chi connectivity index (χ3n) is 1.81. The molecular weight excluding hydrogens is 176 g/mol. The molecule has 0 fully saturated rings. The van der Waals surface area contributed by atoms with E-state index in [0.29, 0.717) is 0 Å². The van der Waals surface area contributed by atoms with Crippen molar-refractivity contribution in [1.82, 2.24) is 0 Å². The second kappa shape index (κ2) is 7.39. The maximum Gasteiger partial charge on any atom is 0.133 e. The maximum atomic E-state index is 5.21. The molecular formula is C12H20O2. The van der Waals surface area contributed by atoms with Gasteiger partial charge in [0.15, 0.2) is 0 Å². The molecule has 2 heteroatoms. The molecule has 1 atom stereocenters. The molecule has 1 aliphatic rings. The minimum Gasteiger partial charge on any atom is -0.498 e. The van der Waals surface area contributed by atoms with E-state index < -0.39 is 0 Å². The van der Waals surface area contributed by atoms with Crippen molar-refractivity contribution in [3.63, 3.8) is 0 Å². The van der Waals surface area contributed by atoms with Crippen LogP contribution in [-0.2, 0) is 9.47 Å². The zero-order valence-electron chi connectivity index (χ0n) is 9.70. The van der Waals surface area contributed by atoms with Crippen LogP contribution in [0.3, 0.4) is 0 Å². The van der Waals surface area contributed by atoms with Gasteiger partial charge >= 0.3 is 0 Å². The van der Waals surface area contributed by atoms with Gasteiger partial charge < -0.3 is 9.47 Å². The molecule has 2 nitrogen and oxygen atoms in total. The third kappa shape index (κ3) is 3.79. The van der Waals surface area contributed by atoms with Crippen LogP contribution < -0.4 is 0 Å². The van der Waals surface area contributed by atoms with Gasteiger partial charge in [0.2, 0.25) is 0 Å². The Morgan fingerprint density at radius 1 is 1.14 bits per heavy atom. The molecule has 0 aromatic heterocycles. The molecule has 0 heterocycles. The summed E-state index contributed by atoms with van der Waals surface area (Å²) in [7, 11) is 3.32. The maximum absolute atomic E-state index is 5.21. The zero-order valence-corrected chi connectivity index (χ0v) is 9.70. The predicted molar refractivity (Wildman–Crippen MR) is 60.1 cm³/mol. The highest BCUT2D eigenvalue weighted by atomic mass is 16.5. The summed E-state index contributed by atoms with van der Waals surface area (Å²) in [5, 5.41) is 0. The fraction of sp³-hybridized carbons (Fsp3) is 0.500. The molecule has 0 amide bonds. The van der Waals surface area contributed by atoms with E-state index in [9.17, 15) is 0 Å². The quantitative estimate of drug-likeness (QED) is 0.675. The van der Waals surface area contributed by atoms with Gasteiger partial charge in [-0.15, -0.1) is 0 Å². The van der Waals surface area contributed by atoms with Crippen LogP contribution in [-0.4, -0.2) is 20.3 Å². The summed E-state index contributed by atoms with van der Waals surface area (Å²) in [6.07, 6.45) is 7.90. The van der Waals surface area contributed by atoms with E-state index in [1.165, 1.54) is 5.57 Å². The molecule has 0 N–H and O–H groups in total. The number of hydrogen-bond acceptors (Lipinski definition) is 2. The van der Waals surface area contributed by atoms with Crippen molar-refractivity contribution in [2.24, 2.45) is 0 Å². The van der Waals surface area contributed by atoms with Gasteiger partial charge in [0.05, 0.1) is 7.11 Å². The van der Waals surface area contributed by atoms with Crippen molar-refractivity contribution in [1.29, 1.82) is 0 Å². The van der Waals surface area contributed by atoms with Gasteiger partial charge in [0.1, 0.15) is 11.9 Å². The first-order valence-corrected chi connectivity index (χ1v) is 4.91. The smallest absolute Gasteiger partial charge is 0.133 e. The lowest BCUT2D eigenvalue weighted by Gasteiger charge is -2.12. The standard InChI is InChI=1S/C10H14O2.C2H6/c1-8-4-6-9(11-2)10(12-3)7-5-8;1-2/h4-7,9H,1-3H3;1-2H3. The summed E-state index contributed by atoms with van der Waals surface area (Å²) in [5.41, 5.74) is 1.20. The number of hydrogen-bond donors (Lipinski definition) is 0. The van der Waals surface area contributed by atoms with E-state index in [4.69, 9.17) is 9.47 Å². The predicted octanol–water partition coefficient (Wildman–Crippen LogP) is 3.07. The van der Waals surface area contributed by atoms with Crippen molar-refractivity contribution in [2.75, 3.05) is 14.2 Å². The Morgan fingerprint density at radius 2 is 1.79 bits per heavy atom. The van der Waals surface area contributed by atoms with Crippen LogP contribution in [0.5, 0.6) is 0 Å². The Hall–Kier alpha value is -1.02. The lowest BCUT2D eigenvalue weighted by atomic mass is 10.2. The van der Waals surface area contributed by atoms with E-state index in [0.717, 1.165) is 5.76 Å². The van der Waals surface area contributed by atoms with Crippen molar-refractivity contribution >= 4 is 0 Å². The lowest BCUT2D eigenvalue weighted by molar-refractivity contribution is 0.110. The molecule has 0 saturated carbocycles. The van der Waals surface area contributed by atoms with Crippen molar-refractivity contribution < 1.29 is 9.47 Å². The number of methoxy groups -OCH3 is 2. The molecule has 0 bridgehead atoms. The largest absolute Gasteiger partial charge is 0.498 e. The average molecular weight is 196 g/mol. The van der Waals surface area contributed by atoms with Crippen LogP contribution >= 0.6 is 0 Å². The first-order valence-electron chi connectivity index (χ1n) is 4.91. The van der Waals surface area contributed by atoms with Gasteiger partial charge in [-0.3, -0.25) is 0 Å². The molecule has 14 heavy (non-hydrogen) atoms. The van der Waals surface area contributed by atoms with Crippen molar-refractivity contribution in [3.05, 3.63) is 35.6 Å². The van der Waals surface area contributed by atoms with E-state index in [1.807, 2.05) is 45.1 Å². The summed E-state index contributed by atoms with van der Waals surface area (Å²) >= 11 is 0. The molecule has 0 radical (unpaired) electrons. The number of ether oxygens (including phenoxy) is 2. The minimum absolute atomic E-state index is 0.0521. The number of rotatable bonds is 2. The molecule has 0 aliphatic heterocycles. The summed E-state index contributed by atoms with van der Waals surface area (Å²) < 4.78 is 10.4. The average Bonchev–Trinajstić information content (AvgIpc) is 2.42. The van der Waals surface area contributed by atoms with Gasteiger partial charge in [-0.05, 0) is 19.1 Å². The SMILES string of the molecule is CC.COC1=CC=C(C)C=CC1OC. The minimum atomic E-state index is -0.0521. The van der Waals surface area contributed by atoms with Crippen LogP contribution in [0.1, 0.15) is 20.8 Å². The highest BCUT2D eigenvalue weighted by Gasteiger charge is 2.10. The van der Waals surface area contributed by atoms with E-state index >= 15 is 0 Å². The molecule has 80 valence electrons. The molecule has 0 spiro atoms. The number of allylic oxidation sites excluding steroid dienone is 4. The van der Waals surface area contributed by atoms with Crippen molar-refractivity contribution in [2.45, 2.75) is 26.9 Å². The fourth-order valence-electron chi connectivity index (χ4n) is 1.08. The van der Waals surface area contributed by atoms with E-state index in [2.05, 4.69) is 0 Å². The summed E-state index contributed by atoms with van der Waals surface area (Å²) in [6, 6.07) is 0. The molecule has 1 aliphatic carbocycles. The topological polar surface area (TPSA) is 18.5 Å². The first-order chi connectivity index (χ1) is 6.77. The fourth-order valence-corrected chi connectivity index (χ4v) is 1.08. The third-order valence-corrected chi connectivity index (χ3v) is 1.81. The highest BCUT2D eigenvalue weighted by Crippen LogP contribution is 2.14. The van der Waals surface area contributed by atoms with Crippen LogP contribution in [0.25, 0.3) is 0 Å². The summed E-state index contributed by atoms with van der Waals surface area (Å²) in [4.78, 5) is 0. The van der Waals surface area contributed by atoms with E-state index in [1.54, 1.807) is 14.2 Å². The molecule has 0 aromatic carbocycles. The Bertz CT molecular complexity index is 237. The summed E-state index contributed by atoms with van der Waals surface area (Å²) in [6.45, 7) is 6.04. The van der Waals surface area contributed by atoms with Crippen molar-refractivity contribution in [3.8, 4) is 0 Å². The first kappa shape index (κ1) is 13.0. The monoisotopic (exact) mass is 196 g/mol. The highest BCUT2D eigenvalue weighted by molar-refractivity contribution is 5.30. The second-order valence-electron chi connectivity index (χ2n) is 2.70. The second-order valence-corrected chi connectivity index (χ2v) is 2.70. The normalized spacial score (nSPS) is 19.9. The van der Waals surface area contributed by atoms with Crippen LogP contribution in [0, 0.1) is 0 Å². The van der Waals surface area contributed by atoms with Crippen LogP contribution in [0.15, 0.2) is 35.6 Å². The molecule has 0 saturated heterocycles. The lowest BCUT2D eigenvalue weighted by Crippen LogP contribution is -2.11. The van der Waals surface area contributed by atoms with Gasteiger partial charge in [-0.1, -0.05) is 31.6 Å². The Labute approximate surface area is 86.9 Å². The molecule has 1 rings (SSSR count). The molecule has 1 unspecified atom stereocenters. The van der Waals surface area contributed by atoms with Gasteiger partial charge in [0.25, 0.3) is 0 Å². The molecule has 0 aromatic rings. The van der Waals surface area contributed by atoms with Crippen LogP contribution in [0.4, 0.5) is 0 Å². The Morgan fingerprint density at radius 3 is 2.29 bits per heavy atom. The zero-order chi connectivity index (χ0) is 11.0. The van der Waals surface area contributed by atoms with Gasteiger partial charge in [-0.25, -0.2) is 0 Å².